The Morgan fingerprint density at radius 2 is 2.07 bits per heavy atom. The van der Waals surface area contributed by atoms with Gasteiger partial charge in [-0.05, 0) is 45.6 Å². The summed E-state index contributed by atoms with van der Waals surface area (Å²) >= 11 is 0. The molecule has 0 bridgehead atoms. The largest absolute Gasteiger partial charge is 0.384 e. The van der Waals surface area contributed by atoms with E-state index in [1.807, 2.05) is 12.3 Å². The second kappa shape index (κ2) is 6.38. The van der Waals surface area contributed by atoms with Crippen LogP contribution in [0.1, 0.15) is 45.3 Å². The quantitative estimate of drug-likeness (QED) is 0.630. The maximum Gasteiger partial charge on any atom is 0.264 e. The molecule has 9 heteroatoms. The number of halogens is 1. The van der Waals surface area contributed by atoms with Crippen molar-refractivity contribution in [3.63, 3.8) is 0 Å². The van der Waals surface area contributed by atoms with Crippen molar-refractivity contribution in [1.82, 2.24) is 24.5 Å². The molecule has 0 saturated heterocycles. The minimum atomic E-state index is -1.03. The molecule has 1 atom stereocenters. The van der Waals surface area contributed by atoms with Gasteiger partial charge in [0.15, 0.2) is 5.82 Å². The van der Waals surface area contributed by atoms with Crippen molar-refractivity contribution >= 4 is 29.1 Å². The molecule has 0 radical (unpaired) electrons. The fourth-order valence-corrected chi connectivity index (χ4v) is 3.63. The molecule has 146 valence electrons. The average Bonchev–Trinajstić information content (AvgIpc) is 3.22. The Balaban J connectivity index is 0.00000210. The van der Waals surface area contributed by atoms with Crippen molar-refractivity contribution in [2.24, 2.45) is 13.0 Å². The van der Waals surface area contributed by atoms with E-state index in [4.69, 9.17) is 5.73 Å². The first-order chi connectivity index (χ1) is 12.2. The first kappa shape index (κ1) is 19.4. The fraction of sp³-hybridized carbons (Fsp3) is 0.500. The number of H-pyrrole nitrogens is 1. The average molecular weight is 393 g/mol. The number of nitrogens with zero attached hydrogens (tertiary/aromatic N) is 4. The van der Waals surface area contributed by atoms with E-state index in [2.05, 4.69) is 22.2 Å². The normalized spacial score (nSPS) is 15.7. The van der Waals surface area contributed by atoms with Gasteiger partial charge in [-0.1, -0.05) is 0 Å². The van der Waals surface area contributed by atoms with Gasteiger partial charge in [0.2, 0.25) is 0 Å². The molecule has 0 aromatic carbocycles. The van der Waals surface area contributed by atoms with Crippen molar-refractivity contribution in [3.05, 3.63) is 28.3 Å². The predicted molar refractivity (Wildman–Crippen MR) is 107 cm³/mol. The van der Waals surface area contributed by atoms with E-state index in [1.54, 1.807) is 30.1 Å². The van der Waals surface area contributed by atoms with Crippen LogP contribution in [0.5, 0.6) is 0 Å². The zero-order valence-corrected chi connectivity index (χ0v) is 16.7. The number of fused-ring (bicyclic) bond motifs is 1. The lowest BCUT2D eigenvalue weighted by molar-refractivity contribution is 0.0696. The number of nitrogen functional groups attached to an aromatic ring is 1. The summed E-state index contributed by atoms with van der Waals surface area (Å²) in [5, 5.41) is 22.2. The highest BCUT2D eigenvalue weighted by Crippen LogP contribution is 2.40. The second-order valence-corrected chi connectivity index (χ2v) is 7.79. The van der Waals surface area contributed by atoms with E-state index in [9.17, 15) is 9.90 Å². The number of aliphatic hydroxyl groups is 1. The lowest BCUT2D eigenvalue weighted by Gasteiger charge is -2.16. The number of aryl methyl sites for hydroxylation is 1. The molecule has 0 spiro atoms. The van der Waals surface area contributed by atoms with Crippen molar-refractivity contribution in [1.29, 1.82) is 0 Å². The van der Waals surface area contributed by atoms with E-state index >= 15 is 0 Å². The van der Waals surface area contributed by atoms with Crippen LogP contribution >= 0.6 is 12.4 Å². The second-order valence-electron chi connectivity index (χ2n) is 7.79. The number of hydrogen-bond donors (Lipinski definition) is 3. The molecule has 0 aliphatic heterocycles. The lowest BCUT2D eigenvalue weighted by atomic mass is 10.0. The zero-order chi connectivity index (χ0) is 18.8. The van der Waals surface area contributed by atoms with Crippen LogP contribution in [0.4, 0.5) is 5.82 Å². The van der Waals surface area contributed by atoms with Gasteiger partial charge in [0.05, 0.1) is 16.9 Å². The van der Waals surface area contributed by atoms with Gasteiger partial charge in [-0.25, -0.2) is 0 Å². The standard InChI is InChI=1S/C18H24N6O2.ClH/c1-9(10-5-6-10)24-8-11(15-14(17(24)25)16(19)21-20-15)12-7-13(18(2,3)26)23(4)22-12;/h7-10,26H,5-6H2,1-4H3,(H3,19,20,21);1H/t9-;/m0./s1. The summed E-state index contributed by atoms with van der Waals surface area (Å²) in [7, 11) is 1.79. The summed E-state index contributed by atoms with van der Waals surface area (Å²) in [6.45, 7) is 5.49. The molecule has 4 rings (SSSR count). The SMILES string of the molecule is C[C@@H](C1CC1)n1cc(-c2cc(C(C)(C)O)n(C)n2)c2[nH]nc(N)c2c1=O.Cl. The van der Waals surface area contributed by atoms with E-state index in [1.165, 1.54) is 0 Å². The minimum absolute atomic E-state index is 0. The Hall–Kier alpha value is -2.32. The van der Waals surface area contributed by atoms with E-state index < -0.39 is 5.60 Å². The Morgan fingerprint density at radius 1 is 1.41 bits per heavy atom. The van der Waals surface area contributed by atoms with E-state index in [0.29, 0.717) is 28.2 Å². The Kier molecular flexibility index (Phi) is 4.60. The molecular formula is C18H25ClN6O2. The van der Waals surface area contributed by atoms with Crippen molar-refractivity contribution < 1.29 is 5.11 Å². The van der Waals surface area contributed by atoms with Crippen LogP contribution in [-0.2, 0) is 12.6 Å². The van der Waals surface area contributed by atoms with Crippen LogP contribution in [-0.4, -0.2) is 29.7 Å². The first-order valence-corrected chi connectivity index (χ1v) is 8.84. The first-order valence-electron chi connectivity index (χ1n) is 8.84. The summed E-state index contributed by atoms with van der Waals surface area (Å²) < 4.78 is 3.40. The third-order valence-corrected chi connectivity index (χ3v) is 5.31. The lowest BCUT2D eigenvalue weighted by Crippen LogP contribution is -2.24. The van der Waals surface area contributed by atoms with Crippen LogP contribution in [0, 0.1) is 5.92 Å². The highest BCUT2D eigenvalue weighted by molar-refractivity contribution is 5.97. The van der Waals surface area contributed by atoms with Gasteiger partial charge >= 0.3 is 0 Å². The number of pyridine rings is 1. The summed E-state index contributed by atoms with van der Waals surface area (Å²) in [5.74, 6) is 0.712. The Bertz CT molecular complexity index is 1050. The number of aromatic nitrogens is 5. The molecule has 3 heterocycles. The van der Waals surface area contributed by atoms with Gasteiger partial charge in [-0.15, -0.1) is 12.4 Å². The number of aromatic amines is 1. The number of rotatable bonds is 4. The molecule has 1 fully saturated rings. The Morgan fingerprint density at radius 3 is 2.63 bits per heavy atom. The van der Waals surface area contributed by atoms with Crippen LogP contribution < -0.4 is 11.3 Å². The van der Waals surface area contributed by atoms with Gasteiger partial charge in [0.1, 0.15) is 11.0 Å². The van der Waals surface area contributed by atoms with Crippen molar-refractivity contribution in [3.8, 4) is 11.3 Å². The molecule has 1 aliphatic carbocycles. The monoisotopic (exact) mass is 392 g/mol. The third-order valence-electron chi connectivity index (χ3n) is 5.31. The predicted octanol–water partition coefficient (Wildman–Crippen LogP) is 2.33. The summed E-state index contributed by atoms with van der Waals surface area (Å²) in [4.78, 5) is 13.0. The molecule has 1 saturated carbocycles. The molecule has 3 aromatic rings. The molecule has 4 N–H and O–H groups in total. The summed E-state index contributed by atoms with van der Waals surface area (Å²) in [6.07, 6.45) is 4.10. The summed E-state index contributed by atoms with van der Waals surface area (Å²) in [6, 6.07) is 1.93. The van der Waals surface area contributed by atoms with Gasteiger partial charge in [0.25, 0.3) is 5.56 Å². The molecule has 3 aromatic heterocycles. The zero-order valence-electron chi connectivity index (χ0n) is 15.9. The topological polar surface area (TPSA) is 115 Å². The van der Waals surface area contributed by atoms with Gasteiger partial charge in [-0.2, -0.15) is 10.2 Å². The third kappa shape index (κ3) is 3.12. The van der Waals surface area contributed by atoms with Gasteiger partial charge < -0.3 is 15.4 Å². The molecule has 8 nitrogen and oxygen atoms in total. The summed E-state index contributed by atoms with van der Waals surface area (Å²) in [5.41, 5.74) is 7.48. The van der Waals surface area contributed by atoms with Crippen molar-refractivity contribution in [2.75, 3.05) is 5.73 Å². The maximum absolute atomic E-state index is 13.0. The highest BCUT2D eigenvalue weighted by Gasteiger charge is 2.31. The van der Waals surface area contributed by atoms with E-state index in [0.717, 1.165) is 18.4 Å². The smallest absolute Gasteiger partial charge is 0.264 e. The fourth-order valence-electron chi connectivity index (χ4n) is 3.63. The number of nitrogens with one attached hydrogen (secondary N) is 1. The van der Waals surface area contributed by atoms with Crippen LogP contribution in [0.3, 0.4) is 0 Å². The van der Waals surface area contributed by atoms with Gasteiger partial charge in [-0.3, -0.25) is 14.6 Å². The highest BCUT2D eigenvalue weighted by atomic mass is 35.5. The van der Waals surface area contributed by atoms with Gasteiger partial charge in [0, 0.05) is 24.8 Å². The van der Waals surface area contributed by atoms with Crippen LogP contribution in [0.25, 0.3) is 22.2 Å². The minimum Gasteiger partial charge on any atom is -0.384 e. The number of hydrogen-bond acceptors (Lipinski definition) is 5. The van der Waals surface area contributed by atoms with Crippen LogP contribution in [0.15, 0.2) is 17.1 Å². The maximum atomic E-state index is 13.0. The molecule has 0 unspecified atom stereocenters. The number of anilines is 1. The molecule has 27 heavy (non-hydrogen) atoms. The van der Waals surface area contributed by atoms with Crippen LogP contribution in [0.2, 0.25) is 0 Å². The van der Waals surface area contributed by atoms with Crippen molar-refractivity contribution in [2.45, 2.75) is 45.3 Å². The number of nitrogens with two attached hydrogens (primary N) is 1. The molecule has 0 amide bonds. The molecular weight excluding hydrogens is 368 g/mol. The molecule has 1 aliphatic rings. The Labute approximate surface area is 162 Å². The van der Waals surface area contributed by atoms with E-state index in [-0.39, 0.29) is 29.8 Å².